The van der Waals surface area contributed by atoms with Crippen molar-refractivity contribution in [1.82, 2.24) is 0 Å². The van der Waals surface area contributed by atoms with Crippen molar-refractivity contribution < 1.29 is 19.8 Å². The zero-order valence-corrected chi connectivity index (χ0v) is 11.0. The molecule has 20 heavy (non-hydrogen) atoms. The molecule has 1 aromatic rings. The Kier molecular flexibility index (Phi) is 4.35. The summed E-state index contributed by atoms with van der Waals surface area (Å²) >= 11 is 0. The Hall–Kier alpha value is -2.36. The van der Waals surface area contributed by atoms with Gasteiger partial charge in [0.2, 0.25) is 0 Å². The van der Waals surface area contributed by atoms with Crippen molar-refractivity contribution in [1.29, 1.82) is 0 Å². The first-order valence-corrected chi connectivity index (χ1v) is 6.52. The van der Waals surface area contributed by atoms with E-state index in [4.69, 9.17) is 5.11 Å². The van der Waals surface area contributed by atoms with Gasteiger partial charge in [0.25, 0.3) is 0 Å². The molecule has 0 atom stereocenters. The summed E-state index contributed by atoms with van der Waals surface area (Å²) in [6.07, 6.45) is 5.13. The molecule has 0 amide bonds. The number of carboxylic acids is 2. The van der Waals surface area contributed by atoms with Gasteiger partial charge in [0, 0.05) is 12.0 Å². The largest absolute Gasteiger partial charge is 0.481 e. The molecule has 1 aromatic carbocycles. The molecular formula is C16H16O4. The molecule has 1 aliphatic rings. The summed E-state index contributed by atoms with van der Waals surface area (Å²) in [5.41, 5.74) is 3.02. The van der Waals surface area contributed by atoms with Gasteiger partial charge in [-0.05, 0) is 36.0 Å². The SMILES string of the molecule is O=C(O)CCCC(C(=O)O)=C1C=CCc2ccccc21. The second-order valence-electron chi connectivity index (χ2n) is 4.71. The maximum atomic E-state index is 11.4. The molecule has 2 rings (SSSR count). The number of carboxylic acid groups (broad SMARTS) is 2. The Morgan fingerprint density at radius 1 is 1.10 bits per heavy atom. The molecule has 2 N–H and O–H groups in total. The van der Waals surface area contributed by atoms with E-state index in [-0.39, 0.29) is 18.4 Å². The molecule has 1 aliphatic carbocycles. The van der Waals surface area contributed by atoms with E-state index in [1.54, 1.807) is 0 Å². The molecule has 0 aliphatic heterocycles. The van der Waals surface area contributed by atoms with Gasteiger partial charge >= 0.3 is 11.9 Å². The number of rotatable bonds is 5. The molecule has 4 nitrogen and oxygen atoms in total. The van der Waals surface area contributed by atoms with Gasteiger partial charge in [-0.25, -0.2) is 4.79 Å². The van der Waals surface area contributed by atoms with Crippen molar-refractivity contribution in [3.05, 3.63) is 53.1 Å². The second-order valence-corrected chi connectivity index (χ2v) is 4.71. The molecule has 0 saturated carbocycles. The van der Waals surface area contributed by atoms with E-state index >= 15 is 0 Å². The van der Waals surface area contributed by atoms with Crippen molar-refractivity contribution in [3.8, 4) is 0 Å². The van der Waals surface area contributed by atoms with Gasteiger partial charge in [0.1, 0.15) is 0 Å². The molecular weight excluding hydrogens is 256 g/mol. The van der Waals surface area contributed by atoms with Crippen LogP contribution in [0.2, 0.25) is 0 Å². The third-order valence-electron chi connectivity index (χ3n) is 3.33. The number of benzene rings is 1. The zero-order chi connectivity index (χ0) is 14.5. The van der Waals surface area contributed by atoms with Crippen LogP contribution >= 0.6 is 0 Å². The number of allylic oxidation sites excluding steroid dienone is 3. The van der Waals surface area contributed by atoms with Crippen molar-refractivity contribution in [2.75, 3.05) is 0 Å². The lowest BCUT2D eigenvalue weighted by Crippen LogP contribution is -2.08. The van der Waals surface area contributed by atoms with Crippen LogP contribution in [0.5, 0.6) is 0 Å². The highest BCUT2D eigenvalue weighted by Gasteiger charge is 2.18. The molecule has 0 spiro atoms. The number of hydrogen-bond donors (Lipinski definition) is 2. The molecule has 0 bridgehead atoms. The van der Waals surface area contributed by atoms with Crippen LogP contribution in [0.3, 0.4) is 0 Å². The summed E-state index contributed by atoms with van der Waals surface area (Å²) < 4.78 is 0. The highest BCUT2D eigenvalue weighted by molar-refractivity contribution is 6.00. The van der Waals surface area contributed by atoms with E-state index in [1.165, 1.54) is 0 Å². The third-order valence-corrected chi connectivity index (χ3v) is 3.33. The first-order chi connectivity index (χ1) is 9.59. The summed E-state index contributed by atoms with van der Waals surface area (Å²) in [6, 6.07) is 7.71. The van der Waals surface area contributed by atoms with Crippen LogP contribution in [0, 0.1) is 0 Å². The van der Waals surface area contributed by atoms with Gasteiger partial charge < -0.3 is 10.2 Å². The van der Waals surface area contributed by atoms with Gasteiger partial charge in [-0.2, -0.15) is 0 Å². The van der Waals surface area contributed by atoms with E-state index in [0.717, 1.165) is 17.5 Å². The van der Waals surface area contributed by atoms with Gasteiger partial charge in [-0.1, -0.05) is 36.4 Å². The lowest BCUT2D eigenvalue weighted by molar-refractivity contribution is -0.137. The van der Waals surface area contributed by atoms with Crippen LogP contribution < -0.4 is 0 Å². The number of hydrogen-bond acceptors (Lipinski definition) is 2. The molecule has 4 heteroatoms. The summed E-state index contributed by atoms with van der Waals surface area (Å²) in [5.74, 6) is -1.88. The average Bonchev–Trinajstić information content (AvgIpc) is 2.42. The monoisotopic (exact) mass is 272 g/mol. The lowest BCUT2D eigenvalue weighted by atomic mass is 9.88. The highest BCUT2D eigenvalue weighted by Crippen LogP contribution is 2.30. The summed E-state index contributed by atoms with van der Waals surface area (Å²) in [7, 11) is 0. The van der Waals surface area contributed by atoms with Crippen LogP contribution in [0.15, 0.2) is 42.0 Å². The Labute approximate surface area is 117 Å². The molecule has 0 fully saturated rings. The van der Waals surface area contributed by atoms with Crippen LogP contribution in [0.1, 0.15) is 30.4 Å². The number of aliphatic carboxylic acids is 2. The minimum Gasteiger partial charge on any atom is -0.481 e. The minimum atomic E-state index is -0.980. The lowest BCUT2D eigenvalue weighted by Gasteiger charge is -2.16. The Morgan fingerprint density at radius 2 is 1.85 bits per heavy atom. The normalized spacial score (nSPS) is 15.6. The number of carbonyl (C=O) groups is 2. The van der Waals surface area contributed by atoms with Crippen LogP contribution in [0.25, 0.3) is 5.57 Å². The standard InChI is InChI=1S/C16H16O4/c17-15(18)10-4-9-14(16(19)20)13-8-3-6-11-5-1-2-7-12(11)13/h1-3,5,7-8H,4,6,9-10H2,(H,17,18)(H,19,20). The zero-order valence-electron chi connectivity index (χ0n) is 11.0. The Morgan fingerprint density at radius 3 is 2.55 bits per heavy atom. The van der Waals surface area contributed by atoms with Gasteiger partial charge in [0.05, 0.1) is 0 Å². The first kappa shape index (κ1) is 14.1. The first-order valence-electron chi connectivity index (χ1n) is 6.52. The molecule has 0 radical (unpaired) electrons. The quantitative estimate of drug-likeness (QED) is 0.808. The summed E-state index contributed by atoms with van der Waals surface area (Å²) in [5, 5.41) is 18.0. The molecule has 0 unspecified atom stereocenters. The van der Waals surface area contributed by atoms with Gasteiger partial charge in [0.15, 0.2) is 0 Å². The van der Waals surface area contributed by atoms with Crippen molar-refractivity contribution in [2.45, 2.75) is 25.7 Å². The fraction of sp³-hybridized carbons (Fsp3) is 0.250. The maximum Gasteiger partial charge on any atom is 0.332 e. The van der Waals surface area contributed by atoms with E-state index in [2.05, 4.69) is 0 Å². The highest BCUT2D eigenvalue weighted by atomic mass is 16.4. The van der Waals surface area contributed by atoms with E-state index < -0.39 is 11.9 Å². The fourth-order valence-corrected chi connectivity index (χ4v) is 2.39. The van der Waals surface area contributed by atoms with E-state index in [9.17, 15) is 14.7 Å². The molecule has 104 valence electrons. The van der Waals surface area contributed by atoms with Gasteiger partial charge in [-0.3, -0.25) is 4.79 Å². The van der Waals surface area contributed by atoms with Gasteiger partial charge in [-0.15, -0.1) is 0 Å². The predicted octanol–water partition coefficient (Wildman–Crippen LogP) is 2.89. The van der Waals surface area contributed by atoms with Crippen molar-refractivity contribution >= 4 is 17.5 Å². The van der Waals surface area contributed by atoms with Crippen molar-refractivity contribution in [3.63, 3.8) is 0 Å². The molecule has 0 saturated heterocycles. The maximum absolute atomic E-state index is 11.4. The minimum absolute atomic E-state index is 0.0184. The average molecular weight is 272 g/mol. The number of fused-ring (bicyclic) bond motifs is 1. The second kappa shape index (κ2) is 6.19. The summed E-state index contributed by atoms with van der Waals surface area (Å²) in [6.45, 7) is 0. The fourth-order valence-electron chi connectivity index (χ4n) is 2.39. The van der Waals surface area contributed by atoms with E-state index in [1.807, 2.05) is 36.4 Å². The third kappa shape index (κ3) is 3.15. The molecule has 0 aromatic heterocycles. The Balaban J connectivity index is 2.34. The van der Waals surface area contributed by atoms with Crippen LogP contribution in [0.4, 0.5) is 0 Å². The predicted molar refractivity (Wildman–Crippen MR) is 75.3 cm³/mol. The topological polar surface area (TPSA) is 74.6 Å². The smallest absolute Gasteiger partial charge is 0.332 e. The Bertz CT molecular complexity index is 596. The van der Waals surface area contributed by atoms with E-state index in [0.29, 0.717) is 12.0 Å². The van der Waals surface area contributed by atoms with Crippen LogP contribution in [-0.4, -0.2) is 22.2 Å². The van der Waals surface area contributed by atoms with Crippen molar-refractivity contribution in [2.24, 2.45) is 0 Å². The van der Waals surface area contributed by atoms with Crippen LogP contribution in [-0.2, 0) is 16.0 Å². The summed E-state index contributed by atoms with van der Waals surface area (Å²) in [4.78, 5) is 22.0. The molecule has 0 heterocycles.